The fourth-order valence-corrected chi connectivity index (χ4v) is 3.91. The second-order valence-corrected chi connectivity index (χ2v) is 7.54. The molecule has 2 aromatic carbocycles. The number of hydrogen-bond donors (Lipinski definition) is 2. The molecule has 1 saturated heterocycles. The predicted octanol–water partition coefficient (Wildman–Crippen LogP) is 4.10. The van der Waals surface area contributed by atoms with Crippen LogP contribution in [0.5, 0.6) is 5.75 Å². The van der Waals surface area contributed by atoms with Crippen molar-refractivity contribution in [2.45, 2.75) is 37.9 Å². The van der Waals surface area contributed by atoms with Crippen LogP contribution in [-0.2, 0) is 20.7 Å². The molecule has 2 unspecified atom stereocenters. The lowest BCUT2D eigenvalue weighted by Gasteiger charge is -2.25. The van der Waals surface area contributed by atoms with E-state index in [0.717, 1.165) is 5.56 Å². The van der Waals surface area contributed by atoms with Gasteiger partial charge in [-0.05, 0) is 55.2 Å². The summed E-state index contributed by atoms with van der Waals surface area (Å²) in [4.78, 5) is 23.5. The van der Waals surface area contributed by atoms with Crippen molar-refractivity contribution >= 4 is 23.7 Å². The number of carbonyl (C=O) groups excluding carboxylic acids is 1. The first kappa shape index (κ1) is 21.9. The molecule has 0 aliphatic carbocycles. The Morgan fingerprint density at radius 3 is 2.70 bits per heavy atom. The Morgan fingerprint density at radius 1 is 1.30 bits per heavy atom. The number of nitrogens with two attached hydrogens (primary N) is 1. The molecule has 0 radical (unpaired) electrons. The molecule has 1 fully saturated rings. The summed E-state index contributed by atoms with van der Waals surface area (Å²) in [6, 6.07) is 12.2. The maximum Gasteiger partial charge on any atom is 0.405 e. The van der Waals surface area contributed by atoms with Crippen molar-refractivity contribution < 1.29 is 28.9 Å². The average Bonchev–Trinajstić information content (AvgIpc) is 3.17. The van der Waals surface area contributed by atoms with Crippen molar-refractivity contribution in [3.8, 4) is 5.75 Å². The molecule has 1 amide bonds. The van der Waals surface area contributed by atoms with Crippen LogP contribution in [0.25, 0.3) is 0 Å². The minimum Gasteiger partial charge on any atom is -0.493 e. The van der Waals surface area contributed by atoms with Crippen LogP contribution in [0.15, 0.2) is 42.5 Å². The van der Waals surface area contributed by atoms with Gasteiger partial charge in [-0.3, -0.25) is 0 Å². The zero-order valence-electron chi connectivity index (χ0n) is 16.6. The Kier molecular flexibility index (Phi) is 6.84. The lowest BCUT2D eigenvalue weighted by molar-refractivity contribution is -0.159. The molecule has 3 rings (SSSR count). The van der Waals surface area contributed by atoms with Crippen molar-refractivity contribution in [3.05, 3.63) is 64.2 Å². The van der Waals surface area contributed by atoms with E-state index in [0.29, 0.717) is 48.0 Å². The maximum absolute atomic E-state index is 11.9. The van der Waals surface area contributed by atoms with Gasteiger partial charge in [0.05, 0.1) is 6.61 Å². The van der Waals surface area contributed by atoms with Crippen LogP contribution in [0.1, 0.15) is 42.6 Å². The quantitative estimate of drug-likeness (QED) is 0.648. The summed E-state index contributed by atoms with van der Waals surface area (Å²) < 4.78 is 16.7. The second-order valence-electron chi connectivity index (χ2n) is 7.11. The van der Waals surface area contributed by atoms with E-state index in [4.69, 9.17) is 31.5 Å². The molecule has 0 aromatic heterocycles. The molecule has 0 saturated carbocycles. The van der Waals surface area contributed by atoms with Gasteiger partial charge >= 0.3 is 12.1 Å². The molecule has 3 N–H and O–H groups in total. The fraction of sp³-hybridized carbons (Fsp3) is 0.364. The van der Waals surface area contributed by atoms with E-state index in [1.807, 2.05) is 6.92 Å². The van der Waals surface area contributed by atoms with Gasteiger partial charge < -0.3 is 25.1 Å². The van der Waals surface area contributed by atoms with E-state index < -0.39 is 23.8 Å². The van der Waals surface area contributed by atoms with Gasteiger partial charge in [0.25, 0.3) is 0 Å². The summed E-state index contributed by atoms with van der Waals surface area (Å²) in [5, 5.41) is 10.2. The highest BCUT2D eigenvalue weighted by Gasteiger charge is 2.43. The smallest absolute Gasteiger partial charge is 0.405 e. The van der Waals surface area contributed by atoms with E-state index in [-0.39, 0.29) is 6.42 Å². The lowest BCUT2D eigenvalue weighted by atomic mass is 9.89. The topological polar surface area (TPSA) is 108 Å². The average molecular weight is 434 g/mol. The van der Waals surface area contributed by atoms with Crippen molar-refractivity contribution in [2.24, 2.45) is 5.73 Å². The maximum atomic E-state index is 11.9. The van der Waals surface area contributed by atoms with Crippen LogP contribution in [0, 0.1) is 0 Å². The monoisotopic (exact) mass is 433 g/mol. The number of primary amides is 1. The number of amides is 1. The lowest BCUT2D eigenvalue weighted by Crippen LogP contribution is -2.40. The van der Waals surface area contributed by atoms with Crippen LogP contribution in [0.2, 0.25) is 5.02 Å². The number of carboxylic acids is 1. The second kappa shape index (κ2) is 9.36. The molecule has 30 heavy (non-hydrogen) atoms. The predicted molar refractivity (Wildman–Crippen MR) is 111 cm³/mol. The van der Waals surface area contributed by atoms with Gasteiger partial charge in [-0.1, -0.05) is 29.8 Å². The molecule has 0 bridgehead atoms. The third-order valence-electron chi connectivity index (χ3n) is 5.02. The Morgan fingerprint density at radius 2 is 2.10 bits per heavy atom. The Hall–Kier alpha value is -2.77. The molecule has 1 aliphatic rings. The largest absolute Gasteiger partial charge is 0.493 e. The van der Waals surface area contributed by atoms with Crippen molar-refractivity contribution in [2.75, 3.05) is 13.2 Å². The highest BCUT2D eigenvalue weighted by molar-refractivity contribution is 6.30. The Balaban J connectivity index is 2.06. The minimum absolute atomic E-state index is 0.181. The van der Waals surface area contributed by atoms with E-state index in [1.165, 1.54) is 0 Å². The third-order valence-corrected chi connectivity index (χ3v) is 5.26. The van der Waals surface area contributed by atoms with E-state index in [1.54, 1.807) is 42.5 Å². The number of aliphatic carboxylic acids is 1. The summed E-state index contributed by atoms with van der Waals surface area (Å²) in [5.41, 5.74) is 5.95. The first-order valence-corrected chi connectivity index (χ1v) is 10.1. The first-order chi connectivity index (χ1) is 14.3. The summed E-state index contributed by atoms with van der Waals surface area (Å²) in [6.45, 7) is 2.65. The number of benzene rings is 2. The van der Waals surface area contributed by atoms with Gasteiger partial charge in [0, 0.05) is 23.6 Å². The molecule has 1 aliphatic heterocycles. The van der Waals surface area contributed by atoms with E-state index in [9.17, 15) is 14.7 Å². The first-order valence-electron chi connectivity index (χ1n) is 9.69. The summed E-state index contributed by atoms with van der Waals surface area (Å²) in [7, 11) is 0. The number of ether oxygens (including phenoxy) is 3. The van der Waals surface area contributed by atoms with Gasteiger partial charge in [0.2, 0.25) is 0 Å². The van der Waals surface area contributed by atoms with Gasteiger partial charge in [-0.25, -0.2) is 9.59 Å². The van der Waals surface area contributed by atoms with Crippen molar-refractivity contribution in [1.82, 2.24) is 0 Å². The molecular weight excluding hydrogens is 410 g/mol. The van der Waals surface area contributed by atoms with Gasteiger partial charge in [-0.2, -0.15) is 0 Å². The molecule has 160 valence electrons. The zero-order chi connectivity index (χ0) is 21.7. The molecule has 8 heteroatoms. The third kappa shape index (κ3) is 4.86. The number of rotatable bonds is 8. The number of carbonyl (C=O) groups is 2. The van der Waals surface area contributed by atoms with E-state index in [2.05, 4.69) is 0 Å². The molecule has 7 nitrogen and oxygen atoms in total. The van der Waals surface area contributed by atoms with Crippen molar-refractivity contribution in [1.29, 1.82) is 0 Å². The normalized spacial score (nSPS) is 19.3. The van der Waals surface area contributed by atoms with Crippen molar-refractivity contribution in [3.63, 3.8) is 0 Å². The van der Waals surface area contributed by atoms with Crippen LogP contribution in [0.4, 0.5) is 4.79 Å². The highest BCUT2D eigenvalue weighted by Crippen LogP contribution is 2.37. The Labute approximate surface area is 179 Å². The van der Waals surface area contributed by atoms with Gasteiger partial charge in [0.1, 0.15) is 5.75 Å². The van der Waals surface area contributed by atoms with Gasteiger partial charge in [0.15, 0.2) is 11.7 Å². The number of hydrogen-bond acceptors (Lipinski definition) is 5. The number of halogens is 1. The van der Waals surface area contributed by atoms with Crippen LogP contribution < -0.4 is 10.5 Å². The highest BCUT2D eigenvalue weighted by atomic mass is 35.5. The van der Waals surface area contributed by atoms with Gasteiger partial charge in [-0.15, -0.1) is 0 Å². The Bertz CT molecular complexity index is 926. The summed E-state index contributed by atoms with van der Waals surface area (Å²) >= 11 is 6.13. The van der Waals surface area contributed by atoms with Crippen LogP contribution >= 0.6 is 11.6 Å². The molecule has 2 atom stereocenters. The van der Waals surface area contributed by atoms with Crippen LogP contribution in [-0.4, -0.2) is 36.0 Å². The summed E-state index contributed by atoms with van der Waals surface area (Å²) in [6.07, 6.45) is -0.519. The zero-order valence-corrected chi connectivity index (χ0v) is 17.4. The molecular formula is C22H24ClNO6. The molecule has 2 aromatic rings. The standard InChI is InChI=1S/C22H24ClNO6/c1-2-28-18-8-7-14(13-22(20(25)26)9-4-10-29-22)11-17(18)19(30-21(24)27)15-5-3-6-16(23)12-15/h3,5-8,11-12,19H,2,4,9-10,13H2,1H3,(H2,24,27)(H,25,26). The fourth-order valence-electron chi connectivity index (χ4n) is 3.71. The van der Waals surface area contributed by atoms with Crippen LogP contribution in [0.3, 0.4) is 0 Å². The number of carboxylic acid groups (broad SMARTS) is 1. The molecule has 1 heterocycles. The SMILES string of the molecule is CCOc1ccc(CC2(C(=O)O)CCCO2)cc1C(OC(N)=O)c1cccc(Cl)c1. The van der Waals surface area contributed by atoms with E-state index >= 15 is 0 Å². The summed E-state index contributed by atoms with van der Waals surface area (Å²) in [5.74, 6) is -0.487. The minimum atomic E-state index is -1.26. The molecule has 0 spiro atoms.